The van der Waals surface area contributed by atoms with Crippen LogP contribution in [-0.4, -0.2) is 28.7 Å². The van der Waals surface area contributed by atoms with Crippen molar-refractivity contribution in [2.24, 2.45) is 0 Å². The molecule has 0 spiro atoms. The van der Waals surface area contributed by atoms with E-state index in [-0.39, 0.29) is 6.04 Å². The Morgan fingerprint density at radius 2 is 1.83 bits per heavy atom. The van der Waals surface area contributed by atoms with Gasteiger partial charge in [0.2, 0.25) is 0 Å². The lowest BCUT2D eigenvalue weighted by atomic mass is 9.91. The number of imidazole rings is 1. The molecule has 0 radical (unpaired) electrons. The molecule has 0 bridgehead atoms. The van der Waals surface area contributed by atoms with Crippen molar-refractivity contribution < 1.29 is 0 Å². The number of anilines is 1. The van der Waals surface area contributed by atoms with Crippen LogP contribution in [0, 0.1) is 0 Å². The predicted octanol–water partition coefficient (Wildman–Crippen LogP) is 6.23. The van der Waals surface area contributed by atoms with Gasteiger partial charge < -0.3 is 14.8 Å². The van der Waals surface area contributed by atoms with Crippen LogP contribution in [0.25, 0.3) is 0 Å². The van der Waals surface area contributed by atoms with Crippen molar-refractivity contribution in [2.75, 3.05) is 18.0 Å². The van der Waals surface area contributed by atoms with Crippen molar-refractivity contribution in [1.82, 2.24) is 14.9 Å². The van der Waals surface area contributed by atoms with Crippen molar-refractivity contribution in [2.45, 2.75) is 37.9 Å². The van der Waals surface area contributed by atoms with Crippen LogP contribution >= 0.6 is 34.8 Å². The molecule has 1 N–H and O–H groups in total. The summed E-state index contributed by atoms with van der Waals surface area (Å²) in [5.74, 6) is 0. The topological polar surface area (TPSA) is 33.1 Å². The minimum Gasteiger partial charge on any atom is -0.363 e. The van der Waals surface area contributed by atoms with Gasteiger partial charge in [0.05, 0.1) is 23.1 Å². The van der Waals surface area contributed by atoms with E-state index in [1.54, 1.807) is 0 Å². The Morgan fingerprint density at radius 1 is 1.03 bits per heavy atom. The van der Waals surface area contributed by atoms with Gasteiger partial charge in [0.15, 0.2) is 0 Å². The third-order valence-electron chi connectivity index (χ3n) is 5.66. The summed E-state index contributed by atoms with van der Waals surface area (Å²) in [6, 6.07) is 14.6. The highest BCUT2D eigenvalue weighted by molar-refractivity contribution is 6.36. The lowest BCUT2D eigenvalue weighted by Crippen LogP contribution is -2.45. The number of hydrogen-bond acceptors (Lipinski definition) is 3. The second kappa shape index (κ2) is 10.1. The molecular weight excluding hydrogens is 439 g/mol. The van der Waals surface area contributed by atoms with E-state index in [4.69, 9.17) is 34.8 Å². The van der Waals surface area contributed by atoms with Gasteiger partial charge in [-0.3, -0.25) is 0 Å². The first-order valence-corrected chi connectivity index (χ1v) is 11.4. The molecule has 2 atom stereocenters. The number of nitrogens with zero attached hydrogens (tertiary/aromatic N) is 3. The van der Waals surface area contributed by atoms with Gasteiger partial charge in [0.25, 0.3) is 0 Å². The maximum Gasteiger partial charge on any atom is 0.0945 e. The number of piperidine rings is 1. The maximum atomic E-state index is 6.56. The normalized spacial score (nSPS) is 19.2. The van der Waals surface area contributed by atoms with Gasteiger partial charge in [-0.2, -0.15) is 0 Å². The van der Waals surface area contributed by atoms with Gasteiger partial charge in [-0.25, -0.2) is 4.98 Å². The molecule has 158 valence electrons. The average molecular weight is 464 g/mol. The molecule has 7 heteroatoms. The fourth-order valence-electron chi connectivity index (χ4n) is 4.14. The van der Waals surface area contributed by atoms with E-state index in [0.717, 1.165) is 49.6 Å². The molecule has 2 heterocycles. The fourth-order valence-corrected chi connectivity index (χ4v) is 4.78. The minimum atomic E-state index is 0.223. The molecule has 4 nitrogen and oxygen atoms in total. The molecule has 0 amide bonds. The summed E-state index contributed by atoms with van der Waals surface area (Å²) in [7, 11) is 0. The third-order valence-corrected chi connectivity index (χ3v) is 6.45. The average Bonchev–Trinajstić information content (AvgIpc) is 3.26. The summed E-state index contributed by atoms with van der Waals surface area (Å²) in [5, 5.41) is 5.84. The summed E-state index contributed by atoms with van der Waals surface area (Å²) in [6.07, 6.45) is 8.84. The smallest absolute Gasteiger partial charge is 0.0945 e. The lowest BCUT2D eigenvalue weighted by molar-refractivity contribution is 0.356. The Morgan fingerprint density at radius 3 is 2.57 bits per heavy atom. The van der Waals surface area contributed by atoms with Crippen molar-refractivity contribution in [3.63, 3.8) is 0 Å². The van der Waals surface area contributed by atoms with E-state index in [0.29, 0.717) is 16.1 Å². The molecule has 2 aromatic carbocycles. The van der Waals surface area contributed by atoms with E-state index in [1.165, 1.54) is 5.56 Å². The second-order valence-electron chi connectivity index (χ2n) is 7.69. The van der Waals surface area contributed by atoms with E-state index in [9.17, 15) is 0 Å². The Labute approximate surface area is 192 Å². The summed E-state index contributed by atoms with van der Waals surface area (Å²) in [5.41, 5.74) is 2.27. The minimum absolute atomic E-state index is 0.223. The van der Waals surface area contributed by atoms with Gasteiger partial charge in [-0.15, -0.1) is 0 Å². The molecule has 1 saturated heterocycles. The quantitative estimate of drug-likeness (QED) is 0.421. The number of aromatic nitrogens is 2. The first kappa shape index (κ1) is 21.5. The Bertz CT molecular complexity index is 944. The van der Waals surface area contributed by atoms with Crippen LogP contribution < -0.4 is 10.2 Å². The maximum absolute atomic E-state index is 6.56. The summed E-state index contributed by atoms with van der Waals surface area (Å²) < 4.78 is 2.11. The molecule has 4 rings (SSSR count). The van der Waals surface area contributed by atoms with Crippen LogP contribution in [0.15, 0.2) is 61.2 Å². The number of aryl methyl sites for hydroxylation is 1. The monoisotopic (exact) mass is 462 g/mol. The second-order valence-corrected chi connectivity index (χ2v) is 8.97. The number of benzene rings is 2. The largest absolute Gasteiger partial charge is 0.363 e. The van der Waals surface area contributed by atoms with Gasteiger partial charge in [0, 0.05) is 41.6 Å². The van der Waals surface area contributed by atoms with Gasteiger partial charge in [-0.1, -0.05) is 46.9 Å². The number of hydrogen-bond donors (Lipinski definition) is 1. The molecular formula is C23H25Cl3N4. The number of rotatable bonds is 7. The van der Waals surface area contributed by atoms with Crippen LogP contribution in [0.4, 0.5) is 5.69 Å². The molecule has 1 aromatic heterocycles. The zero-order valence-corrected chi connectivity index (χ0v) is 18.9. The highest BCUT2D eigenvalue weighted by Crippen LogP contribution is 2.39. The first-order chi connectivity index (χ1) is 14.6. The van der Waals surface area contributed by atoms with E-state index in [1.807, 2.05) is 49.1 Å². The Balaban J connectivity index is 1.46. The molecule has 1 fully saturated rings. The SMILES string of the molecule is Clc1ccc(C2CC(NCCCn3ccnc3)CCN2c2ccc(Cl)cc2Cl)cc1. The highest BCUT2D eigenvalue weighted by atomic mass is 35.5. The van der Waals surface area contributed by atoms with E-state index in [2.05, 4.69) is 31.9 Å². The summed E-state index contributed by atoms with van der Waals surface area (Å²) in [6.45, 7) is 2.89. The van der Waals surface area contributed by atoms with Gasteiger partial charge in [-0.05, 0) is 61.7 Å². The number of halogens is 3. The Kier molecular flexibility index (Phi) is 7.21. The van der Waals surface area contributed by atoms with E-state index < -0.39 is 0 Å². The van der Waals surface area contributed by atoms with Crippen LogP contribution in [0.3, 0.4) is 0 Å². The first-order valence-electron chi connectivity index (χ1n) is 10.3. The molecule has 3 aromatic rings. The van der Waals surface area contributed by atoms with Crippen molar-refractivity contribution in [3.05, 3.63) is 81.8 Å². The van der Waals surface area contributed by atoms with Crippen LogP contribution in [0.2, 0.25) is 15.1 Å². The fraction of sp³-hybridized carbons (Fsp3) is 0.348. The van der Waals surface area contributed by atoms with Gasteiger partial charge >= 0.3 is 0 Å². The highest BCUT2D eigenvalue weighted by Gasteiger charge is 2.30. The summed E-state index contributed by atoms with van der Waals surface area (Å²) >= 11 is 18.8. The lowest BCUT2D eigenvalue weighted by Gasteiger charge is -2.42. The molecule has 1 aliphatic rings. The van der Waals surface area contributed by atoms with Crippen molar-refractivity contribution >= 4 is 40.5 Å². The van der Waals surface area contributed by atoms with Gasteiger partial charge in [0.1, 0.15) is 0 Å². The molecule has 30 heavy (non-hydrogen) atoms. The standard InChI is InChI=1S/C23H25Cl3N4/c24-18-4-2-17(3-5-18)23-15-20(28-9-1-11-29-13-10-27-16-29)8-12-30(23)22-7-6-19(25)14-21(22)26/h2-7,10,13-14,16,20,23,28H,1,8-9,11-12,15H2. The van der Waals surface area contributed by atoms with Crippen LogP contribution in [-0.2, 0) is 6.54 Å². The van der Waals surface area contributed by atoms with Crippen LogP contribution in [0.1, 0.15) is 30.9 Å². The van der Waals surface area contributed by atoms with Crippen molar-refractivity contribution in [1.29, 1.82) is 0 Å². The molecule has 0 aliphatic carbocycles. The third kappa shape index (κ3) is 5.30. The number of nitrogens with one attached hydrogen (secondary N) is 1. The van der Waals surface area contributed by atoms with Crippen molar-refractivity contribution in [3.8, 4) is 0 Å². The molecule has 2 unspecified atom stereocenters. The molecule has 1 aliphatic heterocycles. The molecule has 0 saturated carbocycles. The summed E-state index contributed by atoms with van der Waals surface area (Å²) in [4.78, 5) is 6.49. The Hall–Kier alpha value is -1.72. The predicted molar refractivity (Wildman–Crippen MR) is 126 cm³/mol. The van der Waals surface area contributed by atoms with E-state index >= 15 is 0 Å². The zero-order valence-electron chi connectivity index (χ0n) is 16.6. The zero-order chi connectivity index (χ0) is 20.9. The van der Waals surface area contributed by atoms with Crippen LogP contribution in [0.5, 0.6) is 0 Å².